The molecule has 0 fully saturated rings. The van der Waals surface area contributed by atoms with Gasteiger partial charge in [0.05, 0.1) is 0 Å². The lowest BCUT2D eigenvalue weighted by atomic mass is 10.1. The van der Waals surface area contributed by atoms with Crippen LogP contribution < -0.4 is 5.32 Å². The molecule has 0 saturated heterocycles. The molecular formula is C17H14F2N4O. The monoisotopic (exact) mass is 328 g/mol. The lowest BCUT2D eigenvalue weighted by Crippen LogP contribution is -2.14. The van der Waals surface area contributed by atoms with E-state index in [1.807, 2.05) is 0 Å². The highest BCUT2D eigenvalue weighted by molar-refractivity contribution is 6.02. The minimum Gasteiger partial charge on any atom is -0.305 e. The quantitative estimate of drug-likeness (QED) is 0.801. The van der Waals surface area contributed by atoms with E-state index in [9.17, 15) is 13.6 Å². The summed E-state index contributed by atoms with van der Waals surface area (Å²) in [5.41, 5.74) is 1.75. The van der Waals surface area contributed by atoms with Gasteiger partial charge < -0.3 is 5.32 Å². The number of aryl methyl sites for hydroxylation is 1. The van der Waals surface area contributed by atoms with Crippen molar-refractivity contribution in [3.05, 3.63) is 77.2 Å². The Labute approximate surface area is 137 Å². The molecular weight excluding hydrogens is 314 g/mol. The normalized spacial score (nSPS) is 10.6. The number of anilines is 1. The number of carbonyl (C=O) groups excluding carboxylic acids is 1. The predicted octanol–water partition coefficient (Wildman–Crippen LogP) is 2.94. The molecule has 0 radical (unpaired) electrons. The average molecular weight is 328 g/mol. The van der Waals surface area contributed by atoms with Crippen molar-refractivity contribution in [1.82, 2.24) is 14.8 Å². The Kier molecular flexibility index (Phi) is 4.33. The van der Waals surface area contributed by atoms with Crippen molar-refractivity contribution in [2.75, 3.05) is 5.32 Å². The number of aromatic nitrogens is 3. The summed E-state index contributed by atoms with van der Waals surface area (Å²) in [5.74, 6) is -1.71. The van der Waals surface area contributed by atoms with Crippen molar-refractivity contribution in [3.8, 4) is 0 Å². The SMILES string of the molecule is Cn1ccc(C(=O)Nc2ccc(Cc3ccc(F)c(F)c3)cn2)n1. The van der Waals surface area contributed by atoms with Gasteiger partial charge in [-0.25, -0.2) is 13.8 Å². The summed E-state index contributed by atoms with van der Waals surface area (Å²) in [6.45, 7) is 0. The second kappa shape index (κ2) is 6.57. The highest BCUT2D eigenvalue weighted by Gasteiger charge is 2.10. The topological polar surface area (TPSA) is 59.8 Å². The minimum absolute atomic E-state index is 0.296. The number of hydrogen-bond donors (Lipinski definition) is 1. The number of halogens is 2. The molecule has 0 saturated carbocycles. The van der Waals surface area contributed by atoms with Crippen LogP contribution in [-0.2, 0) is 13.5 Å². The van der Waals surface area contributed by atoms with Gasteiger partial charge in [0.25, 0.3) is 5.91 Å². The van der Waals surface area contributed by atoms with Gasteiger partial charge in [-0.2, -0.15) is 5.10 Å². The minimum atomic E-state index is -0.875. The molecule has 122 valence electrons. The molecule has 0 atom stereocenters. The standard InChI is InChI=1S/C17H14F2N4O/c1-23-7-6-15(22-23)17(24)21-16-5-3-12(10-20-16)8-11-2-4-13(18)14(19)9-11/h2-7,9-10H,8H2,1H3,(H,20,21,24). The molecule has 0 bridgehead atoms. The number of rotatable bonds is 4. The number of amides is 1. The molecule has 0 aliphatic carbocycles. The van der Waals surface area contributed by atoms with Crippen molar-refractivity contribution in [1.29, 1.82) is 0 Å². The third-order valence-electron chi connectivity index (χ3n) is 3.40. The maximum absolute atomic E-state index is 13.2. The number of pyridine rings is 1. The van der Waals surface area contributed by atoms with Crippen LogP contribution in [0, 0.1) is 11.6 Å². The van der Waals surface area contributed by atoms with Gasteiger partial charge in [0.1, 0.15) is 5.82 Å². The van der Waals surface area contributed by atoms with Gasteiger partial charge in [-0.15, -0.1) is 0 Å². The molecule has 2 heterocycles. The summed E-state index contributed by atoms with van der Waals surface area (Å²) in [4.78, 5) is 16.1. The maximum Gasteiger partial charge on any atom is 0.277 e. The largest absolute Gasteiger partial charge is 0.305 e. The third-order valence-corrected chi connectivity index (χ3v) is 3.40. The lowest BCUT2D eigenvalue weighted by Gasteiger charge is -2.05. The molecule has 0 aliphatic rings. The van der Waals surface area contributed by atoms with Gasteiger partial charge >= 0.3 is 0 Å². The number of benzene rings is 1. The Bertz CT molecular complexity index is 875. The zero-order valence-corrected chi connectivity index (χ0v) is 12.8. The van der Waals surface area contributed by atoms with E-state index < -0.39 is 11.6 Å². The van der Waals surface area contributed by atoms with Crippen LogP contribution in [0.3, 0.4) is 0 Å². The lowest BCUT2D eigenvalue weighted by molar-refractivity contribution is 0.102. The highest BCUT2D eigenvalue weighted by Crippen LogP contribution is 2.14. The Morgan fingerprint density at radius 1 is 1.12 bits per heavy atom. The smallest absolute Gasteiger partial charge is 0.277 e. The summed E-state index contributed by atoms with van der Waals surface area (Å²) < 4.78 is 27.7. The molecule has 2 aromatic heterocycles. The Morgan fingerprint density at radius 2 is 1.92 bits per heavy atom. The molecule has 1 amide bonds. The van der Waals surface area contributed by atoms with Crippen LogP contribution in [0.4, 0.5) is 14.6 Å². The van der Waals surface area contributed by atoms with E-state index in [-0.39, 0.29) is 5.91 Å². The van der Waals surface area contributed by atoms with Crippen molar-refractivity contribution in [2.45, 2.75) is 6.42 Å². The molecule has 5 nitrogen and oxygen atoms in total. The van der Waals surface area contributed by atoms with Crippen molar-refractivity contribution in [2.24, 2.45) is 7.05 Å². The van der Waals surface area contributed by atoms with Crippen LogP contribution in [0.25, 0.3) is 0 Å². The summed E-state index contributed by atoms with van der Waals surface area (Å²) in [6.07, 6.45) is 3.67. The van der Waals surface area contributed by atoms with Crippen LogP contribution in [0.2, 0.25) is 0 Å². The zero-order chi connectivity index (χ0) is 17.1. The first kappa shape index (κ1) is 15.8. The van der Waals surface area contributed by atoms with E-state index in [0.717, 1.165) is 17.7 Å². The van der Waals surface area contributed by atoms with E-state index in [4.69, 9.17) is 0 Å². The molecule has 24 heavy (non-hydrogen) atoms. The fourth-order valence-electron chi connectivity index (χ4n) is 2.20. The van der Waals surface area contributed by atoms with E-state index in [1.165, 1.54) is 10.7 Å². The summed E-state index contributed by atoms with van der Waals surface area (Å²) >= 11 is 0. The number of nitrogens with one attached hydrogen (secondary N) is 1. The number of nitrogens with zero attached hydrogens (tertiary/aromatic N) is 3. The van der Waals surface area contributed by atoms with Gasteiger partial charge in [-0.05, 0) is 41.8 Å². The van der Waals surface area contributed by atoms with Crippen LogP contribution in [0.15, 0.2) is 48.8 Å². The maximum atomic E-state index is 13.2. The van der Waals surface area contributed by atoms with E-state index >= 15 is 0 Å². The zero-order valence-electron chi connectivity index (χ0n) is 12.8. The second-order valence-corrected chi connectivity index (χ2v) is 5.31. The Hall–Kier alpha value is -3.09. The third kappa shape index (κ3) is 3.62. The highest BCUT2D eigenvalue weighted by atomic mass is 19.2. The van der Waals surface area contributed by atoms with E-state index in [0.29, 0.717) is 23.5 Å². The fraction of sp³-hybridized carbons (Fsp3) is 0.118. The van der Waals surface area contributed by atoms with Gasteiger partial charge in [0.2, 0.25) is 0 Å². The Balaban J connectivity index is 1.66. The van der Waals surface area contributed by atoms with Gasteiger partial charge in [0.15, 0.2) is 17.3 Å². The molecule has 1 aromatic carbocycles. The summed E-state index contributed by atoms with van der Waals surface area (Å²) in [5, 5.41) is 6.65. The molecule has 0 unspecified atom stereocenters. The van der Waals surface area contributed by atoms with Gasteiger partial charge in [0, 0.05) is 19.4 Å². The molecule has 0 aliphatic heterocycles. The van der Waals surface area contributed by atoms with Crippen LogP contribution in [0.1, 0.15) is 21.6 Å². The molecule has 3 aromatic rings. The first-order valence-corrected chi connectivity index (χ1v) is 7.21. The fourth-order valence-corrected chi connectivity index (χ4v) is 2.20. The van der Waals surface area contributed by atoms with Crippen LogP contribution in [0.5, 0.6) is 0 Å². The van der Waals surface area contributed by atoms with E-state index in [2.05, 4.69) is 15.4 Å². The Morgan fingerprint density at radius 3 is 2.54 bits per heavy atom. The second-order valence-electron chi connectivity index (χ2n) is 5.31. The molecule has 1 N–H and O–H groups in total. The number of hydrogen-bond acceptors (Lipinski definition) is 3. The van der Waals surface area contributed by atoms with Gasteiger partial charge in [-0.1, -0.05) is 12.1 Å². The first-order chi connectivity index (χ1) is 11.5. The first-order valence-electron chi connectivity index (χ1n) is 7.21. The molecule has 7 heteroatoms. The molecule has 3 rings (SSSR count). The van der Waals surface area contributed by atoms with E-state index in [1.54, 1.807) is 37.6 Å². The number of carbonyl (C=O) groups is 1. The van der Waals surface area contributed by atoms with Crippen LogP contribution in [-0.4, -0.2) is 20.7 Å². The van der Waals surface area contributed by atoms with Crippen molar-refractivity contribution in [3.63, 3.8) is 0 Å². The van der Waals surface area contributed by atoms with Crippen molar-refractivity contribution >= 4 is 11.7 Å². The average Bonchev–Trinajstić information content (AvgIpc) is 2.99. The summed E-state index contributed by atoms with van der Waals surface area (Å²) in [6, 6.07) is 8.80. The predicted molar refractivity (Wildman–Crippen MR) is 84.6 cm³/mol. The summed E-state index contributed by atoms with van der Waals surface area (Å²) in [7, 11) is 1.72. The molecule has 0 spiro atoms. The van der Waals surface area contributed by atoms with Gasteiger partial charge in [-0.3, -0.25) is 9.48 Å². The van der Waals surface area contributed by atoms with Crippen molar-refractivity contribution < 1.29 is 13.6 Å². The van der Waals surface area contributed by atoms with Crippen LogP contribution >= 0.6 is 0 Å².